The number of aromatic nitrogens is 3. The van der Waals surface area contributed by atoms with Gasteiger partial charge in [-0.15, -0.1) is 6.42 Å². The summed E-state index contributed by atoms with van der Waals surface area (Å²) in [6, 6.07) is 30.8. The molecule has 0 saturated carbocycles. The predicted molar refractivity (Wildman–Crippen MR) is 166 cm³/mol. The monoisotopic (exact) mass is 568 g/mol. The van der Waals surface area contributed by atoms with Crippen molar-refractivity contribution >= 4 is 16.9 Å². The number of fused-ring (bicyclic) bond motifs is 2. The van der Waals surface area contributed by atoms with Crippen molar-refractivity contribution < 1.29 is 14.2 Å². The number of hydrogen-bond acceptors (Lipinski definition) is 6. The van der Waals surface area contributed by atoms with Crippen LogP contribution in [0.4, 0.5) is 5.82 Å². The third kappa shape index (κ3) is 4.52. The quantitative estimate of drug-likeness (QED) is 0.147. The number of nitrogens with two attached hydrogens (primary N) is 1. The highest BCUT2D eigenvalue weighted by molar-refractivity contribution is 5.92. The minimum absolute atomic E-state index is 0.246. The lowest BCUT2D eigenvalue weighted by atomic mass is 9.80. The highest BCUT2D eigenvalue weighted by atomic mass is 16.8. The first kappa shape index (κ1) is 27.1. The molecule has 3 heterocycles. The topological polar surface area (TPSA) is 84.4 Å². The maximum absolute atomic E-state index is 7.17. The summed E-state index contributed by atoms with van der Waals surface area (Å²) in [7, 11) is 0. The van der Waals surface area contributed by atoms with Gasteiger partial charge in [-0.3, -0.25) is 0 Å². The number of hydrogen-bond donors (Lipinski definition) is 1. The van der Waals surface area contributed by atoms with Crippen LogP contribution in [-0.4, -0.2) is 39.1 Å². The second-order valence-corrected chi connectivity index (χ2v) is 11.4. The Kier molecular flexibility index (Phi) is 6.63. The van der Waals surface area contributed by atoms with Crippen LogP contribution in [0.1, 0.15) is 42.1 Å². The van der Waals surface area contributed by atoms with Crippen LogP contribution in [0, 0.1) is 12.3 Å². The van der Waals surface area contributed by atoms with Gasteiger partial charge in [-0.2, -0.15) is 0 Å². The van der Waals surface area contributed by atoms with Crippen LogP contribution in [0.3, 0.4) is 0 Å². The zero-order chi connectivity index (χ0) is 29.6. The van der Waals surface area contributed by atoms with Gasteiger partial charge in [0.15, 0.2) is 5.79 Å². The first-order chi connectivity index (χ1) is 20.9. The standard InChI is InChI=1S/C36H32N4O3/c1-4-24-21-40(34-30(24)33(37)38-23-39-34)29-20-25(31-32(29)43-35(2,3)42-31)22-41-36(26-14-8-5-9-15-26,27-16-10-6-11-17-27)28-18-12-7-13-19-28/h1,5-21,23,29,31-32H,22H2,2-3H3,(H2,37,38,39)/t29-,31+,32?/m1/s1. The highest BCUT2D eigenvalue weighted by Gasteiger charge is 2.51. The summed E-state index contributed by atoms with van der Waals surface area (Å²) in [6.07, 6.45) is 10.7. The van der Waals surface area contributed by atoms with Crippen molar-refractivity contribution in [1.29, 1.82) is 0 Å². The summed E-state index contributed by atoms with van der Waals surface area (Å²) in [5, 5.41) is 0.661. The minimum Gasteiger partial charge on any atom is -0.383 e. The van der Waals surface area contributed by atoms with E-state index in [1.54, 1.807) is 0 Å². The van der Waals surface area contributed by atoms with Gasteiger partial charge in [-0.1, -0.05) is 103 Å². The molecule has 1 saturated heterocycles. The molecule has 214 valence electrons. The first-order valence-electron chi connectivity index (χ1n) is 14.4. The first-order valence-corrected chi connectivity index (χ1v) is 14.4. The van der Waals surface area contributed by atoms with Crippen molar-refractivity contribution in [2.24, 2.45) is 0 Å². The number of nitrogens with zero attached hydrogens (tertiary/aromatic N) is 3. The summed E-state index contributed by atoms with van der Waals surface area (Å²) < 4.78 is 22.2. The molecule has 3 atom stereocenters. The molecule has 7 nitrogen and oxygen atoms in total. The van der Waals surface area contributed by atoms with Gasteiger partial charge < -0.3 is 24.5 Å². The zero-order valence-electron chi connectivity index (χ0n) is 24.1. The zero-order valence-corrected chi connectivity index (χ0v) is 24.1. The lowest BCUT2D eigenvalue weighted by Crippen LogP contribution is -2.35. The minimum atomic E-state index is -0.869. The van der Waals surface area contributed by atoms with Gasteiger partial charge >= 0.3 is 0 Å². The van der Waals surface area contributed by atoms with E-state index in [4.69, 9.17) is 26.4 Å². The summed E-state index contributed by atoms with van der Waals surface area (Å²) >= 11 is 0. The van der Waals surface area contributed by atoms with Crippen LogP contribution in [0.5, 0.6) is 0 Å². The lowest BCUT2D eigenvalue weighted by Gasteiger charge is -2.36. The van der Waals surface area contributed by atoms with Crippen molar-refractivity contribution in [2.45, 2.75) is 43.5 Å². The Morgan fingerprint density at radius 3 is 2.05 bits per heavy atom. The van der Waals surface area contributed by atoms with E-state index in [0.717, 1.165) is 22.3 Å². The van der Waals surface area contributed by atoms with E-state index >= 15 is 0 Å². The van der Waals surface area contributed by atoms with Gasteiger partial charge in [0.2, 0.25) is 0 Å². The Hall–Kier alpha value is -4.74. The number of nitrogen functional groups attached to an aromatic ring is 1. The molecule has 1 aliphatic heterocycles. The largest absolute Gasteiger partial charge is 0.383 e. The summed E-state index contributed by atoms with van der Waals surface area (Å²) in [4.78, 5) is 8.72. The molecule has 3 aromatic carbocycles. The van der Waals surface area contributed by atoms with Crippen LogP contribution in [0.2, 0.25) is 0 Å². The van der Waals surface area contributed by atoms with E-state index in [-0.39, 0.29) is 18.2 Å². The Bertz CT molecular complexity index is 1750. The fraction of sp³-hybridized carbons (Fsp3) is 0.222. The maximum Gasteiger partial charge on any atom is 0.164 e. The van der Waals surface area contributed by atoms with Crippen molar-refractivity contribution in [3.63, 3.8) is 0 Å². The van der Waals surface area contributed by atoms with Crippen LogP contribution >= 0.6 is 0 Å². The van der Waals surface area contributed by atoms with Crippen LogP contribution in [0.25, 0.3) is 11.0 Å². The molecule has 1 unspecified atom stereocenters. The molecule has 2 aromatic heterocycles. The van der Waals surface area contributed by atoms with E-state index in [9.17, 15) is 0 Å². The molecule has 0 bridgehead atoms. The van der Waals surface area contributed by atoms with Gasteiger partial charge in [0.1, 0.15) is 35.6 Å². The van der Waals surface area contributed by atoms with Crippen molar-refractivity contribution in [3.05, 3.63) is 137 Å². The molecule has 0 amide bonds. The number of rotatable bonds is 7. The molecular weight excluding hydrogens is 536 g/mol. The average molecular weight is 569 g/mol. The molecule has 7 rings (SSSR count). The Labute approximate surface area is 251 Å². The molecule has 0 spiro atoms. The normalized spacial score (nSPS) is 21.0. The number of anilines is 1. The maximum atomic E-state index is 7.17. The molecule has 5 aromatic rings. The molecule has 1 aliphatic carbocycles. The predicted octanol–water partition coefficient (Wildman–Crippen LogP) is 6.00. The van der Waals surface area contributed by atoms with Crippen LogP contribution in [0.15, 0.2) is 115 Å². The number of ether oxygens (including phenoxy) is 3. The Balaban J connectivity index is 1.34. The fourth-order valence-electron chi connectivity index (χ4n) is 6.51. The van der Waals surface area contributed by atoms with E-state index in [0.29, 0.717) is 29.0 Å². The van der Waals surface area contributed by atoms with Crippen molar-refractivity contribution in [1.82, 2.24) is 14.5 Å². The number of terminal acetylenes is 1. The summed E-state index contributed by atoms with van der Waals surface area (Å²) in [5.74, 6) is 2.31. The van der Waals surface area contributed by atoms with Gasteiger partial charge in [-0.05, 0) is 36.1 Å². The van der Waals surface area contributed by atoms with Crippen molar-refractivity contribution in [2.75, 3.05) is 12.3 Å². The Morgan fingerprint density at radius 1 is 0.907 bits per heavy atom. The smallest absolute Gasteiger partial charge is 0.164 e. The molecule has 0 radical (unpaired) electrons. The molecule has 7 heteroatoms. The van der Waals surface area contributed by atoms with E-state index < -0.39 is 11.4 Å². The second kappa shape index (κ2) is 10.5. The van der Waals surface area contributed by atoms with E-state index in [1.165, 1.54) is 6.33 Å². The SMILES string of the molecule is C#Cc1cn([C@@H]2C=C(COC(c3ccccc3)(c3ccccc3)c3ccccc3)[C@@H]3OC(C)(C)OC23)c2ncnc(N)c12. The third-order valence-electron chi connectivity index (χ3n) is 8.33. The second-order valence-electron chi connectivity index (χ2n) is 11.4. The average Bonchev–Trinajstić information content (AvgIpc) is 3.68. The van der Waals surface area contributed by atoms with Gasteiger partial charge in [0, 0.05) is 6.20 Å². The summed E-state index contributed by atoms with van der Waals surface area (Å²) in [6.45, 7) is 4.17. The molecule has 43 heavy (non-hydrogen) atoms. The molecule has 2 aliphatic rings. The van der Waals surface area contributed by atoms with E-state index in [2.05, 4.69) is 58.4 Å². The number of benzene rings is 3. The lowest BCUT2D eigenvalue weighted by molar-refractivity contribution is -0.148. The van der Waals surface area contributed by atoms with Gasteiger partial charge in [0.05, 0.1) is 23.6 Å². The molecular formula is C36H32N4O3. The van der Waals surface area contributed by atoms with Crippen LogP contribution < -0.4 is 5.73 Å². The third-order valence-corrected chi connectivity index (χ3v) is 8.33. The van der Waals surface area contributed by atoms with Gasteiger partial charge in [0.25, 0.3) is 0 Å². The van der Waals surface area contributed by atoms with Crippen LogP contribution in [-0.2, 0) is 19.8 Å². The molecule has 1 fully saturated rings. The Morgan fingerprint density at radius 2 is 1.49 bits per heavy atom. The fourth-order valence-corrected chi connectivity index (χ4v) is 6.51. The van der Waals surface area contributed by atoms with E-state index in [1.807, 2.05) is 79.2 Å². The highest BCUT2D eigenvalue weighted by Crippen LogP contribution is 2.47. The van der Waals surface area contributed by atoms with Gasteiger partial charge in [-0.25, -0.2) is 9.97 Å². The molecule has 2 N–H and O–H groups in total. The van der Waals surface area contributed by atoms with Crippen molar-refractivity contribution in [3.8, 4) is 12.3 Å². The summed E-state index contributed by atoms with van der Waals surface area (Å²) in [5.41, 5.74) is 10.7.